The second-order valence-electron chi connectivity index (χ2n) is 6.08. The van der Waals surface area contributed by atoms with Crippen molar-refractivity contribution in [1.29, 1.82) is 0 Å². The molecule has 0 unspecified atom stereocenters. The maximum absolute atomic E-state index is 12.4. The molecule has 0 aliphatic heterocycles. The Labute approximate surface area is 155 Å². The molecule has 0 aliphatic rings. The summed E-state index contributed by atoms with van der Waals surface area (Å²) in [4.78, 5) is 12.4. The zero-order chi connectivity index (χ0) is 17.8. The van der Waals surface area contributed by atoms with Gasteiger partial charge in [0, 0.05) is 11.9 Å². The van der Waals surface area contributed by atoms with E-state index in [1.165, 1.54) is 0 Å². The summed E-state index contributed by atoms with van der Waals surface area (Å²) in [6, 6.07) is 15.4. The molecule has 4 nitrogen and oxygen atoms in total. The van der Waals surface area contributed by atoms with Gasteiger partial charge in [0.25, 0.3) is 5.91 Å². The van der Waals surface area contributed by atoms with Crippen molar-refractivity contribution in [3.05, 3.63) is 69.9 Å². The van der Waals surface area contributed by atoms with Crippen LogP contribution in [0.25, 0.3) is 11.0 Å². The Morgan fingerprint density at radius 1 is 1.16 bits per heavy atom. The quantitative estimate of drug-likeness (QED) is 0.628. The second-order valence-corrected chi connectivity index (χ2v) is 6.93. The number of fused-ring (bicyclic) bond motifs is 1. The molecule has 3 rings (SSSR count). The number of carbonyl (C=O) groups excluding carboxylic acids is 1. The molecule has 0 bridgehead atoms. The first kappa shape index (κ1) is 17.7. The first-order chi connectivity index (χ1) is 12.0. The lowest BCUT2D eigenvalue weighted by Crippen LogP contribution is -2.23. The van der Waals surface area contributed by atoms with Crippen molar-refractivity contribution in [2.45, 2.75) is 33.1 Å². The minimum Gasteiger partial charge on any atom is -0.450 e. The van der Waals surface area contributed by atoms with E-state index >= 15 is 0 Å². The van der Waals surface area contributed by atoms with Crippen LogP contribution >= 0.6 is 15.9 Å². The topological polar surface area (TPSA) is 51.5 Å². The van der Waals surface area contributed by atoms with E-state index in [4.69, 9.17) is 9.15 Å². The monoisotopic (exact) mass is 401 g/mol. The van der Waals surface area contributed by atoms with E-state index in [-0.39, 0.29) is 12.0 Å². The summed E-state index contributed by atoms with van der Waals surface area (Å²) in [5.41, 5.74) is 2.79. The molecule has 1 amide bonds. The molecule has 0 fully saturated rings. The Balaban J connectivity index is 1.70. The molecule has 0 saturated heterocycles. The van der Waals surface area contributed by atoms with E-state index in [0.717, 1.165) is 21.0 Å². The fraction of sp³-hybridized carbons (Fsp3) is 0.250. The molecule has 0 atom stereocenters. The third-order valence-electron chi connectivity index (χ3n) is 3.85. The first-order valence-corrected chi connectivity index (χ1v) is 8.98. The van der Waals surface area contributed by atoms with Gasteiger partial charge in [0.05, 0.1) is 17.2 Å². The molecule has 5 heteroatoms. The van der Waals surface area contributed by atoms with Crippen LogP contribution in [-0.2, 0) is 17.9 Å². The summed E-state index contributed by atoms with van der Waals surface area (Å²) in [7, 11) is 0. The van der Waals surface area contributed by atoms with Gasteiger partial charge in [0.15, 0.2) is 5.76 Å². The smallest absolute Gasteiger partial charge is 0.287 e. The minimum absolute atomic E-state index is 0.164. The van der Waals surface area contributed by atoms with Crippen LogP contribution in [0.4, 0.5) is 0 Å². The highest BCUT2D eigenvalue weighted by atomic mass is 79.9. The summed E-state index contributed by atoms with van der Waals surface area (Å²) >= 11 is 3.43. The molecular weight excluding hydrogens is 382 g/mol. The van der Waals surface area contributed by atoms with Gasteiger partial charge in [0.2, 0.25) is 0 Å². The molecule has 0 saturated carbocycles. The van der Waals surface area contributed by atoms with Gasteiger partial charge < -0.3 is 14.5 Å². The number of carbonyl (C=O) groups is 1. The van der Waals surface area contributed by atoms with Crippen LogP contribution in [0.15, 0.2) is 57.4 Å². The van der Waals surface area contributed by atoms with Crippen molar-refractivity contribution in [1.82, 2.24) is 5.32 Å². The largest absolute Gasteiger partial charge is 0.450 e. The van der Waals surface area contributed by atoms with Crippen LogP contribution in [0.3, 0.4) is 0 Å². The van der Waals surface area contributed by atoms with Crippen LogP contribution in [0.2, 0.25) is 0 Å². The molecule has 3 aromatic rings. The van der Waals surface area contributed by atoms with Crippen molar-refractivity contribution < 1.29 is 13.9 Å². The molecule has 0 aliphatic carbocycles. The first-order valence-electron chi connectivity index (χ1n) is 8.19. The van der Waals surface area contributed by atoms with Gasteiger partial charge in [-0.05, 0) is 53.0 Å². The number of para-hydroxylation sites is 1. The van der Waals surface area contributed by atoms with Crippen LogP contribution in [0.1, 0.15) is 35.5 Å². The predicted molar refractivity (Wildman–Crippen MR) is 101 cm³/mol. The van der Waals surface area contributed by atoms with Gasteiger partial charge in [-0.2, -0.15) is 0 Å². The second kappa shape index (κ2) is 7.85. The molecule has 2 aromatic carbocycles. The van der Waals surface area contributed by atoms with Gasteiger partial charge in [0.1, 0.15) is 5.58 Å². The SMILES string of the molecule is CC(C)OCc1ccccc1CNC(=O)c1cc2cccc(Br)c2o1. The van der Waals surface area contributed by atoms with E-state index in [9.17, 15) is 4.79 Å². The lowest BCUT2D eigenvalue weighted by atomic mass is 10.1. The van der Waals surface area contributed by atoms with Crippen molar-refractivity contribution in [2.24, 2.45) is 0 Å². The van der Waals surface area contributed by atoms with Crippen LogP contribution in [-0.4, -0.2) is 12.0 Å². The molecule has 1 heterocycles. The molecule has 1 aromatic heterocycles. The minimum atomic E-state index is -0.234. The highest BCUT2D eigenvalue weighted by Crippen LogP contribution is 2.27. The number of hydrogen-bond acceptors (Lipinski definition) is 3. The number of halogens is 1. The zero-order valence-electron chi connectivity index (χ0n) is 14.2. The summed E-state index contributed by atoms with van der Waals surface area (Å²) in [6.07, 6.45) is 0.164. The fourth-order valence-electron chi connectivity index (χ4n) is 2.53. The van der Waals surface area contributed by atoms with E-state index in [2.05, 4.69) is 21.2 Å². The summed E-state index contributed by atoms with van der Waals surface area (Å²) < 4.78 is 12.2. The molecule has 0 spiro atoms. The number of nitrogens with one attached hydrogen (secondary N) is 1. The standard InChI is InChI=1S/C20H20BrNO3/c1-13(2)24-12-16-7-4-3-6-15(16)11-22-20(23)18-10-14-8-5-9-17(21)19(14)25-18/h3-10,13H,11-12H2,1-2H3,(H,22,23). The maximum atomic E-state index is 12.4. The highest BCUT2D eigenvalue weighted by Gasteiger charge is 2.14. The number of furan rings is 1. The number of rotatable bonds is 6. The number of ether oxygens (including phenoxy) is 1. The van der Waals surface area contributed by atoms with Gasteiger partial charge in [-0.3, -0.25) is 4.79 Å². The lowest BCUT2D eigenvalue weighted by molar-refractivity contribution is 0.0651. The summed E-state index contributed by atoms with van der Waals surface area (Å²) in [5, 5.41) is 3.81. The van der Waals surface area contributed by atoms with Gasteiger partial charge in [-0.25, -0.2) is 0 Å². The molecular formula is C20H20BrNO3. The Hall–Kier alpha value is -2.11. The average molecular weight is 402 g/mol. The molecule has 1 N–H and O–H groups in total. The van der Waals surface area contributed by atoms with Crippen molar-refractivity contribution in [3.63, 3.8) is 0 Å². The Bertz CT molecular complexity index is 886. The Morgan fingerprint density at radius 3 is 2.64 bits per heavy atom. The van der Waals surface area contributed by atoms with Crippen LogP contribution < -0.4 is 5.32 Å². The van der Waals surface area contributed by atoms with Crippen LogP contribution in [0.5, 0.6) is 0 Å². The van der Waals surface area contributed by atoms with E-state index in [1.807, 2.05) is 56.3 Å². The zero-order valence-corrected chi connectivity index (χ0v) is 15.8. The number of hydrogen-bond donors (Lipinski definition) is 1. The normalized spacial score (nSPS) is 11.2. The molecule has 25 heavy (non-hydrogen) atoms. The third kappa shape index (κ3) is 4.30. The third-order valence-corrected chi connectivity index (χ3v) is 4.47. The fourth-order valence-corrected chi connectivity index (χ4v) is 2.99. The highest BCUT2D eigenvalue weighted by molar-refractivity contribution is 9.10. The molecule has 130 valence electrons. The average Bonchev–Trinajstić information content (AvgIpc) is 3.04. The van der Waals surface area contributed by atoms with E-state index < -0.39 is 0 Å². The summed E-state index contributed by atoms with van der Waals surface area (Å²) in [5.74, 6) is 0.0699. The predicted octanol–water partition coefficient (Wildman–Crippen LogP) is 5.05. The Kier molecular flexibility index (Phi) is 5.56. The van der Waals surface area contributed by atoms with Gasteiger partial charge >= 0.3 is 0 Å². The maximum Gasteiger partial charge on any atom is 0.287 e. The number of benzene rings is 2. The lowest BCUT2D eigenvalue weighted by Gasteiger charge is -2.12. The Morgan fingerprint density at radius 2 is 1.92 bits per heavy atom. The number of amides is 1. The van der Waals surface area contributed by atoms with Crippen molar-refractivity contribution >= 4 is 32.8 Å². The van der Waals surface area contributed by atoms with E-state index in [1.54, 1.807) is 6.07 Å². The molecule has 0 radical (unpaired) electrons. The van der Waals surface area contributed by atoms with Crippen LogP contribution in [0, 0.1) is 0 Å². The van der Waals surface area contributed by atoms with Crippen molar-refractivity contribution in [3.8, 4) is 0 Å². The van der Waals surface area contributed by atoms with E-state index in [0.29, 0.717) is 24.5 Å². The van der Waals surface area contributed by atoms with Crippen molar-refractivity contribution in [2.75, 3.05) is 0 Å². The van der Waals surface area contributed by atoms with Gasteiger partial charge in [-0.1, -0.05) is 36.4 Å². The van der Waals surface area contributed by atoms with Gasteiger partial charge in [-0.15, -0.1) is 0 Å². The summed E-state index contributed by atoms with van der Waals surface area (Å²) in [6.45, 7) is 4.96.